The summed E-state index contributed by atoms with van der Waals surface area (Å²) in [4.78, 5) is 0.127. The zero-order valence-corrected chi connectivity index (χ0v) is 18.0. The Hall–Kier alpha value is -3.19. The maximum atomic E-state index is 13.8. The van der Waals surface area contributed by atoms with Crippen LogP contribution in [0.25, 0.3) is 5.65 Å². The minimum Gasteiger partial charge on any atom is -0.288 e. The Morgan fingerprint density at radius 1 is 1.00 bits per heavy atom. The number of aromatic nitrogens is 3. The smallest absolute Gasteiger partial charge is 0.268 e. The summed E-state index contributed by atoms with van der Waals surface area (Å²) in [6.45, 7) is 6.46. The second kappa shape index (κ2) is 7.91. The van der Waals surface area contributed by atoms with E-state index in [0.717, 1.165) is 16.7 Å². The van der Waals surface area contributed by atoms with Gasteiger partial charge < -0.3 is 0 Å². The predicted octanol–water partition coefficient (Wildman–Crippen LogP) is 4.56. The minimum atomic E-state index is -3.88. The lowest BCUT2D eigenvalue weighted by Gasteiger charge is -2.25. The van der Waals surface area contributed by atoms with Gasteiger partial charge in [0.25, 0.3) is 10.0 Å². The summed E-state index contributed by atoms with van der Waals surface area (Å²) in [5, 5.41) is 7.89. The van der Waals surface area contributed by atoms with E-state index in [-0.39, 0.29) is 11.4 Å². The van der Waals surface area contributed by atoms with E-state index in [1.807, 2.05) is 55.5 Å². The van der Waals surface area contributed by atoms with Crippen molar-refractivity contribution in [3.05, 3.63) is 89.9 Å². The fourth-order valence-electron chi connectivity index (χ4n) is 3.35. The number of benzene rings is 2. The van der Waals surface area contributed by atoms with Gasteiger partial charge in [-0.15, -0.1) is 10.2 Å². The zero-order valence-electron chi connectivity index (χ0n) is 17.2. The molecule has 4 rings (SSSR count). The van der Waals surface area contributed by atoms with Gasteiger partial charge in [0, 0.05) is 6.20 Å². The van der Waals surface area contributed by atoms with E-state index >= 15 is 0 Å². The SMILES string of the molecule is Cc1ccc(CN(c2ccc(C(C)C)cc2)S(=O)(=O)c2cccn3cnnc23)cc1. The highest BCUT2D eigenvalue weighted by Gasteiger charge is 2.28. The third-order valence-corrected chi connectivity index (χ3v) is 6.94. The Balaban J connectivity index is 1.83. The summed E-state index contributed by atoms with van der Waals surface area (Å²) in [6, 6.07) is 18.8. The predicted molar refractivity (Wildman–Crippen MR) is 118 cm³/mol. The number of rotatable bonds is 6. The maximum Gasteiger partial charge on any atom is 0.268 e. The molecule has 0 saturated heterocycles. The van der Waals surface area contributed by atoms with Gasteiger partial charge in [-0.05, 0) is 48.2 Å². The topological polar surface area (TPSA) is 67.6 Å². The van der Waals surface area contributed by atoms with Crippen molar-refractivity contribution in [3.8, 4) is 0 Å². The van der Waals surface area contributed by atoms with E-state index in [4.69, 9.17) is 0 Å². The van der Waals surface area contributed by atoms with Gasteiger partial charge in [-0.3, -0.25) is 8.71 Å². The van der Waals surface area contributed by atoms with Gasteiger partial charge >= 0.3 is 0 Å². The summed E-state index contributed by atoms with van der Waals surface area (Å²) < 4.78 is 30.6. The van der Waals surface area contributed by atoms with Crippen LogP contribution >= 0.6 is 0 Å². The summed E-state index contributed by atoms with van der Waals surface area (Å²) in [5.41, 5.74) is 4.12. The van der Waals surface area contributed by atoms with Gasteiger partial charge in [0.1, 0.15) is 11.2 Å². The van der Waals surface area contributed by atoms with Crippen molar-refractivity contribution >= 4 is 21.4 Å². The maximum absolute atomic E-state index is 13.8. The van der Waals surface area contributed by atoms with Gasteiger partial charge in [-0.25, -0.2) is 8.42 Å². The molecule has 2 aromatic carbocycles. The second-order valence-corrected chi connectivity index (χ2v) is 9.51. The second-order valence-electron chi connectivity index (χ2n) is 7.68. The Labute approximate surface area is 176 Å². The van der Waals surface area contributed by atoms with Gasteiger partial charge in [0.05, 0.1) is 12.2 Å². The lowest BCUT2D eigenvalue weighted by Crippen LogP contribution is -2.31. The van der Waals surface area contributed by atoms with E-state index in [1.54, 1.807) is 22.7 Å². The molecule has 0 aliphatic rings. The molecule has 0 amide bonds. The first-order chi connectivity index (χ1) is 14.4. The quantitative estimate of drug-likeness (QED) is 0.459. The highest BCUT2D eigenvalue weighted by atomic mass is 32.2. The molecule has 0 unspecified atom stereocenters. The van der Waals surface area contributed by atoms with Crippen LogP contribution in [0.15, 0.2) is 78.1 Å². The number of anilines is 1. The first kappa shape index (κ1) is 20.1. The van der Waals surface area contributed by atoms with Crippen LogP contribution < -0.4 is 4.31 Å². The number of hydrogen-bond acceptors (Lipinski definition) is 4. The number of hydrogen-bond donors (Lipinski definition) is 0. The van der Waals surface area contributed by atoms with Crippen molar-refractivity contribution in [1.29, 1.82) is 0 Å². The molecule has 0 aliphatic carbocycles. The molecule has 2 heterocycles. The van der Waals surface area contributed by atoms with Crippen molar-refractivity contribution < 1.29 is 8.42 Å². The fraction of sp³-hybridized carbons (Fsp3) is 0.217. The van der Waals surface area contributed by atoms with E-state index < -0.39 is 10.0 Å². The van der Waals surface area contributed by atoms with E-state index in [9.17, 15) is 8.42 Å². The molecular weight excluding hydrogens is 396 g/mol. The summed E-state index contributed by atoms with van der Waals surface area (Å²) in [5.74, 6) is 0.367. The average molecular weight is 421 g/mol. The molecule has 2 aromatic heterocycles. The van der Waals surface area contributed by atoms with Crippen LogP contribution in [0.3, 0.4) is 0 Å². The molecule has 0 aliphatic heterocycles. The molecule has 7 heteroatoms. The molecule has 0 spiro atoms. The number of pyridine rings is 1. The Kier molecular flexibility index (Phi) is 5.30. The number of nitrogens with zero attached hydrogens (tertiary/aromatic N) is 4. The number of sulfonamides is 1. The molecule has 0 radical (unpaired) electrons. The molecule has 0 saturated carbocycles. The van der Waals surface area contributed by atoms with Crippen LogP contribution in [0.2, 0.25) is 0 Å². The monoisotopic (exact) mass is 420 g/mol. The summed E-state index contributed by atoms with van der Waals surface area (Å²) >= 11 is 0. The summed E-state index contributed by atoms with van der Waals surface area (Å²) in [7, 11) is -3.88. The molecule has 4 aromatic rings. The lowest BCUT2D eigenvalue weighted by molar-refractivity contribution is 0.590. The molecule has 30 heavy (non-hydrogen) atoms. The van der Waals surface area contributed by atoms with E-state index in [1.165, 1.54) is 10.6 Å². The standard InChI is InChI=1S/C23H24N4O2S/c1-17(2)20-10-12-21(13-11-20)27(15-19-8-6-18(3)7-9-19)30(28,29)22-5-4-14-26-16-24-25-23(22)26/h4-14,16-17H,15H2,1-3H3. The minimum absolute atomic E-state index is 0.127. The van der Waals surface area contributed by atoms with Crippen LogP contribution in [0, 0.1) is 6.92 Å². The largest absolute Gasteiger partial charge is 0.288 e. The number of fused-ring (bicyclic) bond motifs is 1. The fourth-order valence-corrected chi connectivity index (χ4v) is 4.93. The Morgan fingerprint density at radius 3 is 2.37 bits per heavy atom. The highest BCUT2D eigenvalue weighted by molar-refractivity contribution is 7.93. The molecular formula is C23H24N4O2S. The van der Waals surface area contributed by atoms with Gasteiger partial charge in [0.15, 0.2) is 5.65 Å². The van der Waals surface area contributed by atoms with Crippen molar-refractivity contribution in [2.24, 2.45) is 0 Å². The van der Waals surface area contributed by atoms with Crippen LogP contribution in [0.4, 0.5) is 5.69 Å². The van der Waals surface area contributed by atoms with Gasteiger partial charge in [-0.1, -0.05) is 55.8 Å². The van der Waals surface area contributed by atoms with Crippen LogP contribution in [0.5, 0.6) is 0 Å². The van der Waals surface area contributed by atoms with Crippen molar-refractivity contribution in [2.45, 2.75) is 38.1 Å². The van der Waals surface area contributed by atoms with E-state index in [2.05, 4.69) is 24.0 Å². The summed E-state index contributed by atoms with van der Waals surface area (Å²) in [6.07, 6.45) is 3.23. The molecule has 0 fully saturated rings. The third-order valence-electron chi connectivity index (χ3n) is 5.15. The number of aryl methyl sites for hydroxylation is 1. The van der Waals surface area contributed by atoms with Crippen molar-refractivity contribution in [2.75, 3.05) is 4.31 Å². The normalized spacial score (nSPS) is 11.9. The average Bonchev–Trinajstić information content (AvgIpc) is 3.22. The Bertz CT molecular complexity index is 1260. The van der Waals surface area contributed by atoms with Crippen molar-refractivity contribution in [3.63, 3.8) is 0 Å². The molecule has 154 valence electrons. The zero-order chi connectivity index (χ0) is 21.3. The third kappa shape index (κ3) is 3.80. The van der Waals surface area contributed by atoms with Crippen LogP contribution in [-0.2, 0) is 16.6 Å². The molecule has 6 nitrogen and oxygen atoms in total. The molecule has 0 atom stereocenters. The Morgan fingerprint density at radius 2 is 1.70 bits per heavy atom. The molecule has 0 N–H and O–H groups in total. The lowest BCUT2D eigenvalue weighted by atomic mass is 10.0. The first-order valence-electron chi connectivity index (χ1n) is 9.83. The van der Waals surface area contributed by atoms with Gasteiger partial charge in [-0.2, -0.15) is 0 Å². The highest BCUT2D eigenvalue weighted by Crippen LogP contribution is 2.29. The van der Waals surface area contributed by atoms with Crippen LogP contribution in [-0.4, -0.2) is 23.0 Å². The first-order valence-corrected chi connectivity index (χ1v) is 11.3. The van der Waals surface area contributed by atoms with Crippen LogP contribution in [0.1, 0.15) is 36.5 Å². The van der Waals surface area contributed by atoms with Gasteiger partial charge in [0.2, 0.25) is 0 Å². The van der Waals surface area contributed by atoms with E-state index in [0.29, 0.717) is 17.3 Å². The molecule has 0 bridgehead atoms. The van der Waals surface area contributed by atoms with Crippen molar-refractivity contribution in [1.82, 2.24) is 14.6 Å².